The summed E-state index contributed by atoms with van der Waals surface area (Å²) < 4.78 is 5.22. The van der Waals surface area contributed by atoms with Crippen molar-refractivity contribution < 1.29 is 19.1 Å². The Hall–Kier alpha value is -1.79. The lowest BCUT2D eigenvalue weighted by Gasteiger charge is -2.27. The molecule has 3 N–H and O–H groups in total. The van der Waals surface area contributed by atoms with Crippen molar-refractivity contribution in [1.82, 2.24) is 10.2 Å². The SMILES string of the molecule is C[C@H](NC(=O)OC1(C)CC1)C(=O)N1CC[C@@H](C)[C@H]1C(N)=O. The molecule has 2 rings (SSSR count). The van der Waals surface area contributed by atoms with Gasteiger partial charge in [0.05, 0.1) is 0 Å². The van der Waals surface area contributed by atoms with E-state index in [9.17, 15) is 14.4 Å². The smallest absolute Gasteiger partial charge is 0.408 e. The lowest BCUT2D eigenvalue weighted by molar-refractivity contribution is -0.139. The molecule has 0 radical (unpaired) electrons. The van der Waals surface area contributed by atoms with Gasteiger partial charge in [-0.15, -0.1) is 0 Å². The fourth-order valence-electron chi connectivity index (χ4n) is 2.65. The summed E-state index contributed by atoms with van der Waals surface area (Å²) in [5.41, 5.74) is 4.98. The van der Waals surface area contributed by atoms with E-state index in [1.807, 2.05) is 13.8 Å². The number of likely N-dealkylation sites (tertiary alicyclic amines) is 1. The fourth-order valence-corrected chi connectivity index (χ4v) is 2.65. The molecule has 0 unspecified atom stereocenters. The zero-order chi connectivity index (χ0) is 15.8. The highest BCUT2D eigenvalue weighted by Gasteiger charge is 2.43. The highest BCUT2D eigenvalue weighted by Crippen LogP contribution is 2.38. The van der Waals surface area contributed by atoms with Crippen molar-refractivity contribution in [3.8, 4) is 0 Å². The van der Waals surface area contributed by atoms with Gasteiger partial charge in [-0.1, -0.05) is 6.92 Å². The third kappa shape index (κ3) is 3.46. The van der Waals surface area contributed by atoms with E-state index in [0.29, 0.717) is 6.54 Å². The van der Waals surface area contributed by atoms with Crippen LogP contribution in [-0.4, -0.2) is 47.0 Å². The van der Waals surface area contributed by atoms with Crippen LogP contribution in [0.15, 0.2) is 0 Å². The van der Waals surface area contributed by atoms with Crippen molar-refractivity contribution >= 4 is 17.9 Å². The van der Waals surface area contributed by atoms with Gasteiger partial charge in [-0.3, -0.25) is 9.59 Å². The van der Waals surface area contributed by atoms with Gasteiger partial charge in [-0.25, -0.2) is 4.79 Å². The number of nitrogens with zero attached hydrogens (tertiary/aromatic N) is 1. The topological polar surface area (TPSA) is 102 Å². The molecule has 2 fully saturated rings. The third-order valence-corrected chi connectivity index (χ3v) is 4.27. The van der Waals surface area contributed by atoms with E-state index in [4.69, 9.17) is 10.5 Å². The molecule has 1 aliphatic carbocycles. The molecule has 0 bridgehead atoms. The van der Waals surface area contributed by atoms with Gasteiger partial charge < -0.3 is 20.7 Å². The molecule has 0 aromatic heterocycles. The molecule has 0 aromatic rings. The number of ether oxygens (including phenoxy) is 1. The Morgan fingerprint density at radius 1 is 1.38 bits per heavy atom. The maximum absolute atomic E-state index is 12.4. The summed E-state index contributed by atoms with van der Waals surface area (Å²) in [5, 5.41) is 2.52. The van der Waals surface area contributed by atoms with Crippen LogP contribution in [0.2, 0.25) is 0 Å². The molecule has 1 saturated carbocycles. The average Bonchev–Trinajstić information content (AvgIpc) is 2.96. The molecule has 2 aliphatic rings. The maximum atomic E-state index is 12.4. The Morgan fingerprint density at radius 2 is 2.00 bits per heavy atom. The van der Waals surface area contributed by atoms with E-state index in [1.165, 1.54) is 4.90 Å². The number of hydrogen-bond donors (Lipinski definition) is 2. The van der Waals surface area contributed by atoms with Gasteiger partial charge in [0.1, 0.15) is 17.7 Å². The Labute approximate surface area is 124 Å². The Bertz CT molecular complexity index is 461. The van der Waals surface area contributed by atoms with Crippen LogP contribution >= 0.6 is 0 Å². The summed E-state index contributed by atoms with van der Waals surface area (Å²) >= 11 is 0. The normalized spacial score (nSPS) is 27.9. The van der Waals surface area contributed by atoms with Crippen LogP contribution in [0.25, 0.3) is 0 Å². The lowest BCUT2D eigenvalue weighted by atomic mass is 10.0. The number of rotatable bonds is 4. The molecule has 0 aromatic carbocycles. The van der Waals surface area contributed by atoms with Crippen LogP contribution in [0.3, 0.4) is 0 Å². The largest absolute Gasteiger partial charge is 0.443 e. The predicted molar refractivity (Wildman–Crippen MR) is 75.2 cm³/mol. The van der Waals surface area contributed by atoms with Crippen LogP contribution in [-0.2, 0) is 14.3 Å². The molecule has 7 heteroatoms. The molecule has 3 atom stereocenters. The molecule has 118 valence electrons. The van der Waals surface area contributed by atoms with Crippen molar-refractivity contribution in [3.63, 3.8) is 0 Å². The highest BCUT2D eigenvalue weighted by molar-refractivity contribution is 5.91. The zero-order valence-electron chi connectivity index (χ0n) is 12.7. The van der Waals surface area contributed by atoms with Crippen molar-refractivity contribution in [2.24, 2.45) is 11.7 Å². The quantitative estimate of drug-likeness (QED) is 0.783. The summed E-state index contributed by atoms with van der Waals surface area (Å²) in [4.78, 5) is 37.0. The predicted octanol–water partition coefficient (Wildman–Crippen LogP) is 0.376. The minimum absolute atomic E-state index is 0.0379. The molecule has 0 spiro atoms. The second kappa shape index (κ2) is 5.54. The van der Waals surface area contributed by atoms with Crippen molar-refractivity contribution in [2.75, 3.05) is 6.54 Å². The number of hydrogen-bond acceptors (Lipinski definition) is 4. The van der Waals surface area contributed by atoms with Crippen molar-refractivity contribution in [2.45, 2.75) is 57.7 Å². The summed E-state index contributed by atoms with van der Waals surface area (Å²) in [6, 6.07) is -1.34. The van der Waals surface area contributed by atoms with Gasteiger partial charge in [0.25, 0.3) is 0 Å². The maximum Gasteiger partial charge on any atom is 0.408 e. The van der Waals surface area contributed by atoms with E-state index < -0.39 is 24.1 Å². The first-order valence-electron chi connectivity index (χ1n) is 7.33. The van der Waals surface area contributed by atoms with Crippen LogP contribution in [0.5, 0.6) is 0 Å². The van der Waals surface area contributed by atoms with E-state index in [-0.39, 0.29) is 17.4 Å². The number of carbonyl (C=O) groups is 3. The van der Waals surface area contributed by atoms with Crippen molar-refractivity contribution in [1.29, 1.82) is 0 Å². The molecule has 21 heavy (non-hydrogen) atoms. The minimum Gasteiger partial charge on any atom is -0.443 e. The Balaban J connectivity index is 1.92. The van der Waals surface area contributed by atoms with Crippen LogP contribution in [0.4, 0.5) is 4.79 Å². The summed E-state index contributed by atoms with van der Waals surface area (Å²) in [6.45, 7) is 5.81. The number of primary amides is 1. The number of nitrogens with two attached hydrogens (primary N) is 1. The first-order valence-corrected chi connectivity index (χ1v) is 7.33. The first-order chi connectivity index (χ1) is 9.73. The van der Waals surface area contributed by atoms with E-state index >= 15 is 0 Å². The second-order valence-electron chi connectivity index (χ2n) is 6.35. The molecule has 1 aliphatic heterocycles. The number of alkyl carbamates (subject to hydrolysis) is 1. The standard InChI is InChI=1S/C14H23N3O4/c1-8-4-7-17(10(8)11(15)18)12(19)9(2)16-13(20)21-14(3)5-6-14/h8-10H,4-7H2,1-3H3,(H2,15,18)(H,16,20)/t8-,9+,10+/m1/s1. The van der Waals surface area contributed by atoms with Gasteiger partial charge in [0.15, 0.2) is 0 Å². The van der Waals surface area contributed by atoms with Crippen LogP contribution in [0.1, 0.15) is 40.0 Å². The van der Waals surface area contributed by atoms with Gasteiger partial charge in [0, 0.05) is 6.54 Å². The van der Waals surface area contributed by atoms with Gasteiger partial charge in [-0.2, -0.15) is 0 Å². The molecular formula is C14H23N3O4. The molecule has 3 amide bonds. The second-order valence-corrected chi connectivity index (χ2v) is 6.35. The summed E-state index contributed by atoms with van der Waals surface area (Å²) in [7, 11) is 0. The monoisotopic (exact) mass is 297 g/mol. The van der Waals surface area contributed by atoms with Crippen LogP contribution in [0, 0.1) is 5.92 Å². The number of amides is 3. The van der Waals surface area contributed by atoms with E-state index in [1.54, 1.807) is 6.92 Å². The van der Waals surface area contributed by atoms with Crippen LogP contribution < -0.4 is 11.1 Å². The molecule has 1 saturated heterocycles. The Kier molecular flexibility index (Phi) is 4.11. The fraction of sp³-hybridized carbons (Fsp3) is 0.786. The summed E-state index contributed by atoms with van der Waals surface area (Å²) in [5.74, 6) is -0.773. The highest BCUT2D eigenvalue weighted by atomic mass is 16.6. The van der Waals surface area contributed by atoms with E-state index in [2.05, 4.69) is 5.32 Å². The molecular weight excluding hydrogens is 274 g/mol. The average molecular weight is 297 g/mol. The zero-order valence-corrected chi connectivity index (χ0v) is 12.7. The van der Waals surface area contributed by atoms with Crippen molar-refractivity contribution in [3.05, 3.63) is 0 Å². The number of carbonyl (C=O) groups excluding carboxylic acids is 3. The molecule has 7 nitrogen and oxygen atoms in total. The van der Waals surface area contributed by atoms with Gasteiger partial charge in [-0.05, 0) is 39.0 Å². The lowest BCUT2D eigenvalue weighted by Crippen LogP contribution is -2.53. The Morgan fingerprint density at radius 3 is 2.52 bits per heavy atom. The molecule has 1 heterocycles. The first kappa shape index (κ1) is 15.6. The third-order valence-electron chi connectivity index (χ3n) is 4.27. The van der Waals surface area contributed by atoms with E-state index in [0.717, 1.165) is 19.3 Å². The van der Waals surface area contributed by atoms with Gasteiger partial charge >= 0.3 is 6.09 Å². The van der Waals surface area contributed by atoms with Gasteiger partial charge in [0.2, 0.25) is 11.8 Å². The summed E-state index contributed by atoms with van der Waals surface area (Å²) in [6.07, 6.45) is 1.82. The number of nitrogens with one attached hydrogen (secondary N) is 1. The minimum atomic E-state index is -0.744.